The third-order valence-electron chi connectivity index (χ3n) is 3.19. The maximum absolute atomic E-state index is 13.2. The molecule has 1 N–H and O–H groups in total. The van der Waals surface area contributed by atoms with Gasteiger partial charge in [-0.15, -0.1) is 0 Å². The van der Waals surface area contributed by atoms with E-state index in [2.05, 4.69) is 36.0 Å². The summed E-state index contributed by atoms with van der Waals surface area (Å²) < 4.78 is 13.2. The highest BCUT2D eigenvalue weighted by Crippen LogP contribution is 2.17. The molecule has 1 aromatic carbocycles. The fraction of sp³-hybridized carbons (Fsp3) is 0.462. The van der Waals surface area contributed by atoms with Crippen molar-refractivity contribution in [2.45, 2.75) is 26.3 Å². The van der Waals surface area contributed by atoms with Crippen LogP contribution in [0.1, 0.15) is 21.0 Å². The van der Waals surface area contributed by atoms with Crippen LogP contribution in [-0.2, 0) is 6.42 Å². The van der Waals surface area contributed by atoms with Crippen molar-refractivity contribution in [1.29, 1.82) is 0 Å². The van der Waals surface area contributed by atoms with E-state index in [0.29, 0.717) is 6.04 Å². The third kappa shape index (κ3) is 2.64. The summed E-state index contributed by atoms with van der Waals surface area (Å²) in [6.07, 6.45) is 0.856. The van der Waals surface area contributed by atoms with Gasteiger partial charge in [0.1, 0.15) is 5.82 Å². The quantitative estimate of drug-likeness (QED) is 0.886. The van der Waals surface area contributed by atoms with Crippen molar-refractivity contribution in [2.24, 2.45) is 0 Å². The Bertz CT molecular complexity index is 510. The standard InChI is InChI=1S/C13H18FN3.H2/c1-9(2)17(3)7-6-13-11-8-10(14)4-5-12(11)15-16-13;/h4-5,8-9H,6-7H2,1-3H3,(H,15,16);1H. The number of likely N-dealkylation sites (N-methyl/N-ethyl adjacent to an activating group) is 1. The van der Waals surface area contributed by atoms with Crippen LogP contribution in [0, 0.1) is 5.82 Å². The molecule has 0 unspecified atom stereocenters. The second-order valence-electron chi connectivity index (χ2n) is 4.69. The SMILES string of the molecule is CC(C)N(C)CCc1[nH]nc2ccc(F)cc12.[HH]. The van der Waals surface area contributed by atoms with Crippen LogP contribution in [-0.4, -0.2) is 34.7 Å². The minimum Gasteiger partial charge on any atom is -0.304 e. The highest BCUT2D eigenvalue weighted by molar-refractivity contribution is 5.81. The lowest BCUT2D eigenvalue weighted by atomic mass is 10.1. The number of hydrogen-bond donors (Lipinski definition) is 1. The Labute approximate surface area is 102 Å². The van der Waals surface area contributed by atoms with Crippen molar-refractivity contribution in [3.8, 4) is 0 Å². The normalized spacial score (nSPS) is 11.9. The Morgan fingerprint density at radius 1 is 1.47 bits per heavy atom. The lowest BCUT2D eigenvalue weighted by Gasteiger charge is -2.20. The molecular weight excluding hydrogens is 217 g/mol. The van der Waals surface area contributed by atoms with E-state index < -0.39 is 0 Å². The molecule has 0 saturated heterocycles. The highest BCUT2D eigenvalue weighted by Gasteiger charge is 2.08. The van der Waals surface area contributed by atoms with Gasteiger partial charge in [0, 0.05) is 31.5 Å². The first kappa shape index (κ1) is 12.0. The molecule has 0 radical (unpaired) electrons. The number of halogens is 1. The molecule has 1 heterocycles. The van der Waals surface area contributed by atoms with Gasteiger partial charge in [0.05, 0.1) is 5.52 Å². The van der Waals surface area contributed by atoms with Crippen LogP contribution in [0.5, 0.6) is 0 Å². The average Bonchev–Trinajstić information content (AvgIpc) is 2.68. The topological polar surface area (TPSA) is 31.9 Å². The molecule has 0 aliphatic carbocycles. The van der Waals surface area contributed by atoms with E-state index in [1.165, 1.54) is 6.07 Å². The lowest BCUT2D eigenvalue weighted by molar-refractivity contribution is 0.277. The van der Waals surface area contributed by atoms with Crippen LogP contribution in [0.15, 0.2) is 18.2 Å². The summed E-state index contributed by atoms with van der Waals surface area (Å²) in [5.41, 5.74) is 1.83. The van der Waals surface area contributed by atoms with Crippen LogP contribution in [0.25, 0.3) is 10.9 Å². The van der Waals surface area contributed by atoms with Gasteiger partial charge >= 0.3 is 0 Å². The first-order chi connectivity index (χ1) is 8.08. The zero-order valence-electron chi connectivity index (χ0n) is 10.5. The fourth-order valence-electron chi connectivity index (χ4n) is 1.77. The molecule has 0 bridgehead atoms. The molecule has 1 aromatic heterocycles. The van der Waals surface area contributed by atoms with Gasteiger partial charge in [0.15, 0.2) is 0 Å². The van der Waals surface area contributed by atoms with E-state index in [9.17, 15) is 4.39 Å². The van der Waals surface area contributed by atoms with Gasteiger partial charge in [-0.3, -0.25) is 5.10 Å². The number of H-pyrrole nitrogens is 1. The minimum absolute atomic E-state index is 0. The molecular formula is C13H20FN3. The van der Waals surface area contributed by atoms with Crippen LogP contribution in [0.4, 0.5) is 4.39 Å². The molecule has 0 aliphatic heterocycles. The van der Waals surface area contributed by atoms with Crippen LogP contribution in [0.3, 0.4) is 0 Å². The molecule has 94 valence electrons. The number of aromatic nitrogens is 2. The van der Waals surface area contributed by atoms with Crippen molar-refractivity contribution in [1.82, 2.24) is 15.1 Å². The summed E-state index contributed by atoms with van der Waals surface area (Å²) in [5.74, 6) is -0.211. The molecule has 17 heavy (non-hydrogen) atoms. The first-order valence-corrected chi connectivity index (χ1v) is 5.90. The van der Waals surface area contributed by atoms with Crippen molar-refractivity contribution < 1.29 is 5.82 Å². The van der Waals surface area contributed by atoms with Gasteiger partial charge in [-0.25, -0.2) is 4.39 Å². The van der Waals surface area contributed by atoms with Crippen LogP contribution in [0.2, 0.25) is 0 Å². The molecule has 2 aromatic rings. The Hall–Kier alpha value is -1.42. The van der Waals surface area contributed by atoms with Gasteiger partial charge < -0.3 is 4.90 Å². The van der Waals surface area contributed by atoms with Gasteiger partial charge in [0.2, 0.25) is 0 Å². The van der Waals surface area contributed by atoms with Gasteiger partial charge in [0.25, 0.3) is 0 Å². The van der Waals surface area contributed by atoms with E-state index >= 15 is 0 Å². The van der Waals surface area contributed by atoms with Crippen molar-refractivity contribution >= 4 is 10.9 Å². The van der Waals surface area contributed by atoms with Crippen molar-refractivity contribution in [3.05, 3.63) is 29.7 Å². The summed E-state index contributed by atoms with van der Waals surface area (Å²) in [6.45, 7) is 5.25. The predicted octanol–water partition coefficient (Wildman–Crippen LogP) is 2.83. The van der Waals surface area contributed by atoms with Gasteiger partial charge in [-0.2, -0.15) is 5.10 Å². The average molecular weight is 237 g/mol. The van der Waals surface area contributed by atoms with Crippen molar-refractivity contribution in [2.75, 3.05) is 13.6 Å². The Kier molecular flexibility index (Phi) is 3.43. The number of fused-ring (bicyclic) bond motifs is 1. The monoisotopic (exact) mass is 237 g/mol. The molecule has 0 spiro atoms. The van der Waals surface area contributed by atoms with Crippen LogP contribution < -0.4 is 0 Å². The van der Waals surface area contributed by atoms with Gasteiger partial charge in [-0.05, 0) is 39.1 Å². The number of nitrogens with zero attached hydrogens (tertiary/aromatic N) is 2. The molecule has 0 saturated carbocycles. The largest absolute Gasteiger partial charge is 0.304 e. The van der Waals surface area contributed by atoms with E-state index in [-0.39, 0.29) is 7.24 Å². The zero-order valence-corrected chi connectivity index (χ0v) is 10.5. The van der Waals surface area contributed by atoms with E-state index in [4.69, 9.17) is 0 Å². The lowest BCUT2D eigenvalue weighted by Crippen LogP contribution is -2.28. The summed E-state index contributed by atoms with van der Waals surface area (Å²) in [4.78, 5) is 2.26. The zero-order chi connectivity index (χ0) is 12.4. The summed E-state index contributed by atoms with van der Waals surface area (Å²) in [5, 5.41) is 8.06. The molecule has 0 fully saturated rings. The molecule has 2 rings (SSSR count). The second kappa shape index (κ2) is 4.84. The molecule has 4 heteroatoms. The molecule has 0 amide bonds. The fourth-order valence-corrected chi connectivity index (χ4v) is 1.77. The summed E-state index contributed by atoms with van der Waals surface area (Å²) in [6, 6.07) is 5.20. The summed E-state index contributed by atoms with van der Waals surface area (Å²) >= 11 is 0. The Balaban J connectivity index is 0.00000162. The Morgan fingerprint density at radius 3 is 2.94 bits per heavy atom. The first-order valence-electron chi connectivity index (χ1n) is 5.90. The third-order valence-corrected chi connectivity index (χ3v) is 3.19. The molecule has 3 nitrogen and oxygen atoms in total. The maximum Gasteiger partial charge on any atom is 0.124 e. The number of aromatic amines is 1. The number of hydrogen-bond acceptors (Lipinski definition) is 2. The minimum atomic E-state index is -0.211. The molecule has 0 aliphatic rings. The summed E-state index contributed by atoms with van der Waals surface area (Å²) in [7, 11) is 2.09. The number of nitrogens with one attached hydrogen (secondary N) is 1. The van der Waals surface area contributed by atoms with E-state index in [0.717, 1.165) is 29.6 Å². The van der Waals surface area contributed by atoms with Crippen molar-refractivity contribution in [3.63, 3.8) is 0 Å². The number of benzene rings is 1. The van der Waals surface area contributed by atoms with E-state index in [1.54, 1.807) is 12.1 Å². The second-order valence-corrected chi connectivity index (χ2v) is 4.69. The maximum atomic E-state index is 13.2. The molecule has 0 atom stereocenters. The van der Waals surface area contributed by atoms with E-state index in [1.807, 2.05) is 0 Å². The van der Waals surface area contributed by atoms with Gasteiger partial charge in [-0.1, -0.05) is 0 Å². The predicted molar refractivity (Wildman–Crippen MR) is 69.6 cm³/mol. The highest BCUT2D eigenvalue weighted by atomic mass is 19.1. The Morgan fingerprint density at radius 2 is 2.24 bits per heavy atom. The van der Waals surface area contributed by atoms with Crippen LogP contribution >= 0.6 is 0 Å². The number of rotatable bonds is 4. The smallest absolute Gasteiger partial charge is 0.124 e.